The summed E-state index contributed by atoms with van der Waals surface area (Å²) in [4.78, 5) is 23.2. The number of aromatic nitrogens is 2. The Labute approximate surface area is 144 Å². The maximum absolute atomic E-state index is 12.8. The Hall–Kier alpha value is -2.57. The molecular weight excluding hydrogens is 328 g/mol. The lowest BCUT2D eigenvalue weighted by molar-refractivity contribution is 0.0724. The molecule has 0 aliphatic carbocycles. The van der Waals surface area contributed by atoms with Crippen LogP contribution < -0.4 is 4.74 Å². The van der Waals surface area contributed by atoms with E-state index in [-0.39, 0.29) is 23.4 Å². The first-order valence-electron chi connectivity index (χ1n) is 8.16. The number of hydrogen-bond donors (Lipinski definition) is 0. The van der Waals surface area contributed by atoms with E-state index in [1.54, 1.807) is 4.90 Å². The molecule has 1 amide bonds. The Morgan fingerprint density at radius 3 is 3.00 bits per heavy atom. The van der Waals surface area contributed by atoms with Gasteiger partial charge in [-0.3, -0.25) is 14.8 Å². The molecule has 3 heterocycles. The summed E-state index contributed by atoms with van der Waals surface area (Å²) >= 11 is 0. The minimum Gasteiger partial charge on any atom is -0.488 e. The minimum atomic E-state index is -2.57. The first-order chi connectivity index (χ1) is 12.0. The van der Waals surface area contributed by atoms with E-state index in [4.69, 9.17) is 4.74 Å². The Morgan fingerprint density at radius 2 is 2.24 bits per heavy atom. The summed E-state index contributed by atoms with van der Waals surface area (Å²) in [5.74, 6) is -0.0311. The monoisotopic (exact) mass is 347 g/mol. The number of pyridine rings is 2. The molecule has 7 heteroatoms. The molecule has 5 nitrogen and oxygen atoms in total. The van der Waals surface area contributed by atoms with Gasteiger partial charge >= 0.3 is 0 Å². The highest BCUT2D eigenvalue weighted by Crippen LogP contribution is 2.32. The number of rotatable bonds is 5. The van der Waals surface area contributed by atoms with Crippen LogP contribution in [-0.4, -0.2) is 40.4 Å². The molecule has 1 atom stereocenters. The van der Waals surface area contributed by atoms with Gasteiger partial charge in [-0.25, -0.2) is 8.78 Å². The summed E-state index contributed by atoms with van der Waals surface area (Å²) in [6.45, 7) is 1.82. The lowest BCUT2D eigenvalue weighted by Crippen LogP contribution is -2.31. The van der Waals surface area contributed by atoms with Crippen molar-refractivity contribution in [2.75, 3.05) is 13.2 Å². The van der Waals surface area contributed by atoms with Gasteiger partial charge in [-0.05, 0) is 38.0 Å². The number of halogens is 2. The van der Waals surface area contributed by atoms with Gasteiger partial charge in [-0.2, -0.15) is 0 Å². The summed E-state index contributed by atoms with van der Waals surface area (Å²) in [7, 11) is 0. The van der Waals surface area contributed by atoms with Crippen LogP contribution in [0.25, 0.3) is 0 Å². The smallest absolute Gasteiger partial charge is 0.273 e. The Kier molecular flexibility index (Phi) is 5.21. The highest BCUT2D eigenvalue weighted by atomic mass is 19.3. The zero-order valence-electron chi connectivity index (χ0n) is 13.9. The summed E-state index contributed by atoms with van der Waals surface area (Å²) in [5.41, 5.74) is 1.94. The molecule has 1 saturated heterocycles. The normalized spacial score (nSPS) is 17.1. The van der Waals surface area contributed by atoms with Crippen LogP contribution in [-0.2, 0) is 0 Å². The van der Waals surface area contributed by atoms with Crippen LogP contribution >= 0.6 is 0 Å². The second-order valence-electron chi connectivity index (χ2n) is 5.94. The fraction of sp³-hybridized carbons (Fsp3) is 0.389. The van der Waals surface area contributed by atoms with E-state index in [0.717, 1.165) is 24.2 Å². The van der Waals surface area contributed by atoms with Crippen LogP contribution in [0.15, 0.2) is 36.5 Å². The summed E-state index contributed by atoms with van der Waals surface area (Å²) < 4.78 is 29.5. The van der Waals surface area contributed by atoms with E-state index in [1.165, 1.54) is 18.3 Å². The average Bonchev–Trinajstić information content (AvgIpc) is 3.09. The van der Waals surface area contributed by atoms with Gasteiger partial charge in [0.1, 0.15) is 18.1 Å². The highest BCUT2D eigenvalue weighted by Gasteiger charge is 2.32. The molecule has 132 valence electrons. The third kappa shape index (κ3) is 4.10. The van der Waals surface area contributed by atoms with Gasteiger partial charge in [0.15, 0.2) is 0 Å². The number of hydrogen-bond acceptors (Lipinski definition) is 4. The van der Waals surface area contributed by atoms with Crippen LogP contribution in [0.1, 0.15) is 40.8 Å². The summed E-state index contributed by atoms with van der Waals surface area (Å²) in [6.07, 6.45) is 0.546. The zero-order chi connectivity index (χ0) is 17.8. The molecule has 0 aromatic carbocycles. The fourth-order valence-electron chi connectivity index (χ4n) is 2.99. The number of aryl methyl sites for hydroxylation is 1. The standard InChI is InChI=1S/C18H19F2N3O2/c1-12-4-2-5-14(22-12)16-6-3-9-23(16)18(24)15-10-13(7-8-21-15)25-11-17(19)20/h2,4-5,7-8,10,16-17H,3,6,9,11H2,1H3/t16-/m0/s1. The number of amides is 1. The molecule has 0 N–H and O–H groups in total. The molecule has 0 unspecified atom stereocenters. The van der Waals surface area contributed by atoms with Crippen LogP contribution in [0.2, 0.25) is 0 Å². The maximum Gasteiger partial charge on any atom is 0.273 e. The van der Waals surface area contributed by atoms with Crippen LogP contribution in [0, 0.1) is 6.92 Å². The minimum absolute atomic E-state index is 0.0974. The highest BCUT2D eigenvalue weighted by molar-refractivity contribution is 5.93. The van der Waals surface area contributed by atoms with E-state index in [9.17, 15) is 13.6 Å². The zero-order valence-corrected chi connectivity index (χ0v) is 13.9. The Bertz CT molecular complexity index is 755. The molecule has 1 fully saturated rings. The van der Waals surface area contributed by atoms with Gasteiger partial charge < -0.3 is 9.64 Å². The van der Waals surface area contributed by atoms with Crippen molar-refractivity contribution in [3.8, 4) is 5.75 Å². The van der Waals surface area contributed by atoms with E-state index >= 15 is 0 Å². The predicted molar refractivity (Wildman–Crippen MR) is 87.7 cm³/mol. The number of nitrogens with zero attached hydrogens (tertiary/aromatic N) is 3. The largest absolute Gasteiger partial charge is 0.488 e. The number of ether oxygens (including phenoxy) is 1. The molecular formula is C18H19F2N3O2. The molecule has 2 aromatic heterocycles. The molecule has 0 saturated carbocycles. The van der Waals surface area contributed by atoms with Crippen molar-refractivity contribution in [3.05, 3.63) is 53.6 Å². The third-order valence-corrected chi connectivity index (χ3v) is 4.09. The topological polar surface area (TPSA) is 55.3 Å². The van der Waals surface area contributed by atoms with Gasteiger partial charge in [-0.15, -0.1) is 0 Å². The molecule has 25 heavy (non-hydrogen) atoms. The van der Waals surface area contributed by atoms with Crippen molar-refractivity contribution < 1.29 is 18.3 Å². The van der Waals surface area contributed by atoms with Crippen LogP contribution in [0.4, 0.5) is 8.78 Å². The van der Waals surface area contributed by atoms with Crippen LogP contribution in [0.3, 0.4) is 0 Å². The van der Waals surface area contributed by atoms with Crippen molar-refractivity contribution >= 4 is 5.91 Å². The van der Waals surface area contributed by atoms with Gasteiger partial charge in [0.25, 0.3) is 12.3 Å². The molecule has 0 spiro atoms. The predicted octanol–water partition coefficient (Wildman–Crippen LogP) is 3.41. The Morgan fingerprint density at radius 1 is 1.40 bits per heavy atom. The molecule has 2 aromatic rings. The van der Waals surface area contributed by atoms with Crippen LogP contribution in [0.5, 0.6) is 5.75 Å². The second kappa shape index (κ2) is 7.55. The van der Waals surface area contributed by atoms with Crippen molar-refractivity contribution in [2.45, 2.75) is 32.2 Å². The quantitative estimate of drug-likeness (QED) is 0.832. The SMILES string of the molecule is Cc1cccc([C@@H]2CCCN2C(=O)c2cc(OCC(F)F)ccn2)n1. The fourth-order valence-corrected chi connectivity index (χ4v) is 2.99. The maximum atomic E-state index is 12.8. The van der Waals surface area contributed by atoms with E-state index < -0.39 is 13.0 Å². The van der Waals surface area contributed by atoms with Gasteiger partial charge in [0.05, 0.1) is 11.7 Å². The molecule has 3 rings (SSSR count). The average molecular weight is 347 g/mol. The van der Waals surface area contributed by atoms with Crippen molar-refractivity contribution in [3.63, 3.8) is 0 Å². The van der Waals surface area contributed by atoms with Crippen molar-refractivity contribution in [1.82, 2.24) is 14.9 Å². The van der Waals surface area contributed by atoms with Gasteiger partial charge in [-0.1, -0.05) is 6.07 Å². The molecule has 1 aliphatic heterocycles. The first kappa shape index (κ1) is 17.3. The number of carbonyl (C=O) groups excluding carboxylic acids is 1. The lowest BCUT2D eigenvalue weighted by atomic mass is 10.1. The van der Waals surface area contributed by atoms with Crippen molar-refractivity contribution in [2.24, 2.45) is 0 Å². The van der Waals surface area contributed by atoms with E-state index in [2.05, 4.69) is 9.97 Å². The summed E-state index contributed by atoms with van der Waals surface area (Å²) in [5, 5.41) is 0. The molecule has 0 bridgehead atoms. The van der Waals surface area contributed by atoms with E-state index in [1.807, 2.05) is 25.1 Å². The third-order valence-electron chi connectivity index (χ3n) is 4.09. The van der Waals surface area contributed by atoms with Gasteiger partial charge in [0, 0.05) is 24.5 Å². The summed E-state index contributed by atoms with van der Waals surface area (Å²) in [6, 6.07) is 8.52. The number of carbonyl (C=O) groups is 1. The van der Waals surface area contributed by atoms with Crippen molar-refractivity contribution in [1.29, 1.82) is 0 Å². The lowest BCUT2D eigenvalue weighted by Gasteiger charge is -2.24. The molecule has 1 aliphatic rings. The van der Waals surface area contributed by atoms with Gasteiger partial charge in [0.2, 0.25) is 0 Å². The van der Waals surface area contributed by atoms with E-state index in [0.29, 0.717) is 6.54 Å². The number of alkyl halides is 2. The number of likely N-dealkylation sites (tertiary alicyclic amines) is 1. The first-order valence-corrected chi connectivity index (χ1v) is 8.16. The Balaban J connectivity index is 1.78. The second-order valence-corrected chi connectivity index (χ2v) is 5.94. The molecule has 0 radical (unpaired) electrons.